The van der Waals surface area contributed by atoms with Crippen molar-refractivity contribution in [3.8, 4) is 0 Å². The van der Waals surface area contributed by atoms with Crippen molar-refractivity contribution in [2.45, 2.75) is 41.8 Å². The maximum atomic E-state index is 12.0. The quantitative estimate of drug-likeness (QED) is 0.729. The van der Waals surface area contributed by atoms with Crippen LogP contribution in [0, 0.1) is 5.92 Å². The van der Waals surface area contributed by atoms with E-state index in [4.69, 9.17) is 9.47 Å². The summed E-state index contributed by atoms with van der Waals surface area (Å²) in [4.78, 5) is 13.0. The molecule has 0 saturated carbocycles. The number of hydrogen-bond donors (Lipinski definition) is 0. The molecule has 0 radical (unpaired) electrons. The number of benzene rings is 1. The molecule has 3 aliphatic heterocycles. The molecule has 3 nitrogen and oxygen atoms in total. The zero-order valence-electron chi connectivity index (χ0n) is 9.87. The lowest BCUT2D eigenvalue weighted by molar-refractivity contribution is 0.0235. The van der Waals surface area contributed by atoms with Gasteiger partial charge in [-0.2, -0.15) is 0 Å². The Morgan fingerprint density at radius 2 is 2.11 bits per heavy atom. The van der Waals surface area contributed by atoms with Gasteiger partial charge in [0.15, 0.2) is 5.44 Å². The lowest BCUT2D eigenvalue weighted by Gasteiger charge is -2.31. The van der Waals surface area contributed by atoms with Crippen molar-refractivity contribution in [2.75, 3.05) is 0 Å². The van der Waals surface area contributed by atoms with Crippen LogP contribution in [0.2, 0.25) is 0 Å². The molecule has 0 amide bonds. The van der Waals surface area contributed by atoms with Crippen molar-refractivity contribution < 1.29 is 14.3 Å². The van der Waals surface area contributed by atoms with Crippen molar-refractivity contribution in [1.29, 1.82) is 0 Å². The molecule has 1 aromatic rings. The molecule has 0 aliphatic carbocycles. The summed E-state index contributed by atoms with van der Waals surface area (Å²) in [6.07, 6.45) is 4.02. The average Bonchev–Trinajstić information content (AvgIpc) is 3.01. The molecule has 4 unspecified atom stereocenters. The van der Waals surface area contributed by atoms with Crippen LogP contribution < -0.4 is 0 Å². The second kappa shape index (κ2) is 4.00. The minimum atomic E-state index is -0.183. The second-order valence-electron chi connectivity index (χ2n) is 5.16. The molecule has 2 saturated heterocycles. The van der Waals surface area contributed by atoms with Crippen LogP contribution in [-0.2, 0) is 9.47 Å². The summed E-state index contributed by atoms with van der Waals surface area (Å²) >= 11 is 1.67. The molecule has 1 aromatic carbocycles. The van der Waals surface area contributed by atoms with Gasteiger partial charge in [-0.3, -0.25) is 0 Å². The summed E-state index contributed by atoms with van der Waals surface area (Å²) in [7, 11) is 0. The van der Waals surface area contributed by atoms with Gasteiger partial charge in [-0.25, -0.2) is 4.79 Å². The average molecular weight is 262 g/mol. The number of fused-ring (bicyclic) bond motifs is 3. The minimum absolute atomic E-state index is 0.0669. The largest absolute Gasteiger partial charge is 0.447 e. The summed E-state index contributed by atoms with van der Waals surface area (Å²) in [6.45, 7) is 0. The van der Waals surface area contributed by atoms with Crippen LogP contribution in [0.15, 0.2) is 29.2 Å². The number of thioether (sulfide) groups is 1. The van der Waals surface area contributed by atoms with Crippen molar-refractivity contribution in [1.82, 2.24) is 0 Å². The third kappa shape index (κ3) is 1.59. The third-order valence-corrected chi connectivity index (χ3v) is 5.36. The number of cyclic esters (lactones) is 1. The highest BCUT2D eigenvalue weighted by Gasteiger charge is 2.47. The number of carbonyl (C=O) groups excluding carboxylic acids is 1. The van der Waals surface area contributed by atoms with E-state index in [-0.39, 0.29) is 11.4 Å². The minimum Gasteiger partial charge on any atom is -0.447 e. The first-order valence-corrected chi connectivity index (χ1v) is 7.31. The smallest absolute Gasteiger partial charge is 0.340 e. The zero-order chi connectivity index (χ0) is 12.1. The molecule has 2 fully saturated rings. The second-order valence-corrected chi connectivity index (χ2v) is 6.30. The van der Waals surface area contributed by atoms with E-state index in [1.165, 1.54) is 6.42 Å². The van der Waals surface area contributed by atoms with E-state index >= 15 is 0 Å². The summed E-state index contributed by atoms with van der Waals surface area (Å²) in [6, 6.07) is 7.68. The van der Waals surface area contributed by atoms with Crippen LogP contribution in [0.4, 0.5) is 0 Å². The van der Waals surface area contributed by atoms with Gasteiger partial charge < -0.3 is 9.47 Å². The first-order chi connectivity index (χ1) is 8.81. The first-order valence-electron chi connectivity index (χ1n) is 6.43. The van der Waals surface area contributed by atoms with E-state index in [2.05, 4.69) is 0 Å². The molecule has 3 aliphatic rings. The maximum absolute atomic E-state index is 12.0. The molecule has 2 bridgehead atoms. The van der Waals surface area contributed by atoms with Gasteiger partial charge in [-0.1, -0.05) is 23.9 Å². The summed E-state index contributed by atoms with van der Waals surface area (Å²) in [5.74, 6) is 0.183. The molecule has 4 atom stereocenters. The van der Waals surface area contributed by atoms with E-state index in [0.717, 1.165) is 17.7 Å². The Labute approximate surface area is 110 Å². The Bertz CT molecular complexity index is 502. The van der Waals surface area contributed by atoms with Gasteiger partial charge in [0.25, 0.3) is 0 Å². The summed E-state index contributed by atoms with van der Waals surface area (Å²) < 4.78 is 11.5. The van der Waals surface area contributed by atoms with Crippen LogP contribution in [0.5, 0.6) is 0 Å². The van der Waals surface area contributed by atoms with Gasteiger partial charge in [-0.05, 0) is 31.4 Å². The fourth-order valence-electron chi connectivity index (χ4n) is 3.19. The lowest BCUT2D eigenvalue weighted by atomic mass is 9.89. The normalized spacial score (nSPS) is 37.4. The number of hydrogen-bond acceptors (Lipinski definition) is 4. The monoisotopic (exact) mass is 262 g/mol. The zero-order valence-corrected chi connectivity index (χ0v) is 10.7. The Morgan fingerprint density at radius 3 is 2.89 bits per heavy atom. The molecule has 94 valence electrons. The van der Waals surface area contributed by atoms with Crippen molar-refractivity contribution in [3.05, 3.63) is 29.8 Å². The summed E-state index contributed by atoms with van der Waals surface area (Å²) in [5, 5.41) is 0. The molecular weight excluding hydrogens is 248 g/mol. The maximum Gasteiger partial charge on any atom is 0.340 e. The van der Waals surface area contributed by atoms with Gasteiger partial charge >= 0.3 is 5.97 Å². The van der Waals surface area contributed by atoms with Crippen molar-refractivity contribution in [2.24, 2.45) is 5.92 Å². The van der Waals surface area contributed by atoms with E-state index in [0.29, 0.717) is 23.7 Å². The Morgan fingerprint density at radius 1 is 1.22 bits per heavy atom. The van der Waals surface area contributed by atoms with E-state index in [1.807, 2.05) is 24.3 Å². The number of carbonyl (C=O) groups is 1. The number of esters is 1. The van der Waals surface area contributed by atoms with E-state index in [1.54, 1.807) is 11.8 Å². The van der Waals surface area contributed by atoms with Crippen LogP contribution in [-0.4, -0.2) is 23.6 Å². The van der Waals surface area contributed by atoms with Gasteiger partial charge in [-0.15, -0.1) is 0 Å². The van der Waals surface area contributed by atoms with Crippen LogP contribution in [0.3, 0.4) is 0 Å². The van der Waals surface area contributed by atoms with Gasteiger partial charge in [0.1, 0.15) is 0 Å². The Kier molecular flexibility index (Phi) is 2.42. The van der Waals surface area contributed by atoms with Gasteiger partial charge in [0.2, 0.25) is 0 Å². The molecule has 0 aromatic heterocycles. The summed E-state index contributed by atoms with van der Waals surface area (Å²) in [5.41, 5.74) is 0.630. The van der Waals surface area contributed by atoms with Gasteiger partial charge in [0, 0.05) is 10.8 Å². The van der Waals surface area contributed by atoms with Crippen molar-refractivity contribution in [3.63, 3.8) is 0 Å². The molecule has 4 rings (SSSR count). The van der Waals surface area contributed by atoms with E-state index < -0.39 is 0 Å². The Hall–Kier alpha value is -1.00. The van der Waals surface area contributed by atoms with Crippen molar-refractivity contribution >= 4 is 17.7 Å². The standard InChI is InChI=1S/C14H14O3S/c15-13-9-3-1-2-4-12(9)18-14(17-13)10-7-8-5-6-11(10)16-8/h1-4,8,10-11,14H,5-7H2. The highest BCUT2D eigenvalue weighted by molar-refractivity contribution is 8.00. The number of rotatable bonds is 1. The van der Waals surface area contributed by atoms with E-state index in [9.17, 15) is 4.79 Å². The molecule has 0 spiro atoms. The Balaban J connectivity index is 1.61. The lowest BCUT2D eigenvalue weighted by Crippen LogP contribution is -2.33. The molecule has 18 heavy (non-hydrogen) atoms. The molecule has 4 heteroatoms. The SMILES string of the molecule is O=C1OC(C2CC3CCC2O3)Sc2ccccc21. The third-order valence-electron chi connectivity index (χ3n) is 4.08. The van der Waals surface area contributed by atoms with Gasteiger partial charge in [0.05, 0.1) is 17.8 Å². The fourth-order valence-corrected chi connectivity index (χ4v) is 4.48. The molecule has 3 heterocycles. The first kappa shape index (κ1) is 10.9. The van der Waals surface area contributed by atoms with Crippen LogP contribution >= 0.6 is 11.8 Å². The van der Waals surface area contributed by atoms with Crippen LogP contribution in [0.1, 0.15) is 29.6 Å². The molecular formula is C14H14O3S. The predicted octanol–water partition coefficient (Wildman–Crippen LogP) is 2.84. The number of ether oxygens (including phenoxy) is 2. The molecule has 0 N–H and O–H groups in total. The fraction of sp³-hybridized carbons (Fsp3) is 0.500. The highest BCUT2D eigenvalue weighted by atomic mass is 32.2. The predicted molar refractivity (Wildman–Crippen MR) is 67.5 cm³/mol. The highest BCUT2D eigenvalue weighted by Crippen LogP contribution is 2.47. The topological polar surface area (TPSA) is 35.5 Å². The van der Waals surface area contributed by atoms with Crippen LogP contribution in [0.25, 0.3) is 0 Å².